The third kappa shape index (κ3) is 7.08. The molecule has 4 heterocycles. The number of aryl methyl sites for hydroxylation is 1. The number of likely N-dealkylation sites (tertiary alicyclic amines) is 1. The van der Waals surface area contributed by atoms with E-state index in [0.717, 1.165) is 67.7 Å². The topological polar surface area (TPSA) is 99.7 Å². The molecule has 244 valence electrons. The Hall–Kier alpha value is -3.89. The maximum Gasteiger partial charge on any atom is 0.308 e. The average molecular weight is 631 g/mol. The average Bonchev–Trinajstić information content (AvgIpc) is 3.48. The third-order valence-corrected chi connectivity index (χ3v) is 9.91. The predicted molar refractivity (Wildman–Crippen MR) is 172 cm³/mol. The number of piperidine rings is 1. The third-order valence-electron chi connectivity index (χ3n) is 9.91. The smallest absolute Gasteiger partial charge is 0.308 e. The molecule has 2 aromatic heterocycles. The molecule has 9 nitrogen and oxygen atoms in total. The van der Waals surface area contributed by atoms with E-state index in [2.05, 4.69) is 36.0 Å². The molecule has 0 saturated carbocycles. The molecule has 3 unspecified atom stereocenters. The van der Waals surface area contributed by atoms with E-state index >= 15 is 0 Å². The fourth-order valence-corrected chi connectivity index (χ4v) is 6.88. The lowest BCUT2D eigenvalue weighted by atomic mass is 9.87. The van der Waals surface area contributed by atoms with Crippen LogP contribution in [0.3, 0.4) is 0 Å². The molecule has 2 aliphatic rings. The molecule has 0 aliphatic carbocycles. The van der Waals surface area contributed by atoms with Crippen molar-refractivity contribution >= 4 is 16.9 Å². The molecule has 3 atom stereocenters. The number of aromatic nitrogens is 3. The van der Waals surface area contributed by atoms with Crippen molar-refractivity contribution in [1.82, 2.24) is 19.6 Å². The zero-order valence-electron chi connectivity index (χ0n) is 26.9. The highest BCUT2D eigenvalue weighted by atomic mass is 19.1. The van der Waals surface area contributed by atoms with Crippen molar-refractivity contribution in [3.8, 4) is 0 Å². The standard InChI is InChI=1S/C36H43FN4O5/c1-23(24(2)26-8-5-4-6-9-26)20-33(42)45-22-44-31-10-7-16-41-35(31)38-25(3)29(36(41)43)15-19-40-17-13-27(14-18-40)34-30-12-11-28(37)21-32(30)46-39-34/h4-6,8-9,11-12,21,23-24,27,31H,7,10,13-20,22H2,1-3H3. The quantitative estimate of drug-likeness (QED) is 0.138. The van der Waals surface area contributed by atoms with Gasteiger partial charge in [0.15, 0.2) is 12.4 Å². The Labute approximate surface area is 268 Å². The monoisotopic (exact) mass is 630 g/mol. The van der Waals surface area contributed by atoms with E-state index in [1.54, 1.807) is 10.6 Å². The second-order valence-electron chi connectivity index (χ2n) is 12.9. The zero-order valence-corrected chi connectivity index (χ0v) is 26.9. The fourth-order valence-electron chi connectivity index (χ4n) is 6.88. The number of esters is 1. The first-order valence-corrected chi connectivity index (χ1v) is 16.5. The highest BCUT2D eigenvalue weighted by molar-refractivity contribution is 5.79. The summed E-state index contributed by atoms with van der Waals surface area (Å²) in [5, 5.41) is 5.14. The maximum absolute atomic E-state index is 13.6. The molecule has 0 N–H and O–H groups in total. The second-order valence-corrected chi connectivity index (χ2v) is 12.9. The van der Waals surface area contributed by atoms with Crippen LogP contribution in [0.2, 0.25) is 0 Å². The minimum Gasteiger partial charge on any atom is -0.438 e. The van der Waals surface area contributed by atoms with Gasteiger partial charge < -0.3 is 18.9 Å². The van der Waals surface area contributed by atoms with Crippen LogP contribution in [0.1, 0.15) is 92.2 Å². The summed E-state index contributed by atoms with van der Waals surface area (Å²) in [6.07, 6.45) is 3.88. The summed E-state index contributed by atoms with van der Waals surface area (Å²) in [5.41, 5.74) is 4.05. The number of hydrogen-bond donors (Lipinski definition) is 0. The molecule has 6 rings (SSSR count). The van der Waals surface area contributed by atoms with E-state index in [0.29, 0.717) is 30.8 Å². The first-order chi connectivity index (χ1) is 22.3. The number of hydrogen-bond acceptors (Lipinski definition) is 8. The van der Waals surface area contributed by atoms with Gasteiger partial charge in [0.1, 0.15) is 17.7 Å². The summed E-state index contributed by atoms with van der Waals surface area (Å²) in [5.74, 6) is 0.605. The van der Waals surface area contributed by atoms with Gasteiger partial charge >= 0.3 is 5.97 Å². The second kappa shape index (κ2) is 14.3. The van der Waals surface area contributed by atoms with E-state index in [9.17, 15) is 14.0 Å². The number of benzene rings is 2. The zero-order chi connectivity index (χ0) is 32.2. The van der Waals surface area contributed by atoms with Gasteiger partial charge in [0.05, 0.1) is 5.69 Å². The van der Waals surface area contributed by atoms with E-state index in [1.807, 2.05) is 25.1 Å². The summed E-state index contributed by atoms with van der Waals surface area (Å²) < 4.78 is 32.1. The summed E-state index contributed by atoms with van der Waals surface area (Å²) in [7, 11) is 0. The minimum atomic E-state index is -0.397. The number of carbonyl (C=O) groups is 1. The first kappa shape index (κ1) is 32.1. The minimum absolute atomic E-state index is 0.00676. The summed E-state index contributed by atoms with van der Waals surface area (Å²) in [4.78, 5) is 33.4. The van der Waals surface area contributed by atoms with Crippen molar-refractivity contribution in [3.63, 3.8) is 0 Å². The number of rotatable bonds is 11. The molecule has 0 radical (unpaired) electrons. The van der Waals surface area contributed by atoms with Crippen molar-refractivity contribution in [3.05, 3.63) is 93.0 Å². The van der Waals surface area contributed by atoms with Gasteiger partial charge in [0.2, 0.25) is 0 Å². The van der Waals surface area contributed by atoms with Crippen LogP contribution in [0.15, 0.2) is 57.8 Å². The van der Waals surface area contributed by atoms with Crippen LogP contribution in [0.5, 0.6) is 0 Å². The molecule has 0 bridgehead atoms. The van der Waals surface area contributed by atoms with Crippen LogP contribution < -0.4 is 5.56 Å². The van der Waals surface area contributed by atoms with Crippen molar-refractivity contribution in [1.29, 1.82) is 0 Å². The molecule has 46 heavy (non-hydrogen) atoms. The molecule has 2 aromatic carbocycles. The van der Waals surface area contributed by atoms with Crippen LogP contribution >= 0.6 is 0 Å². The number of nitrogens with zero attached hydrogens (tertiary/aromatic N) is 4. The molecular weight excluding hydrogens is 587 g/mol. The van der Waals surface area contributed by atoms with Gasteiger partial charge in [-0.1, -0.05) is 49.3 Å². The van der Waals surface area contributed by atoms with E-state index in [4.69, 9.17) is 19.0 Å². The highest BCUT2D eigenvalue weighted by Crippen LogP contribution is 2.33. The number of halogens is 1. The largest absolute Gasteiger partial charge is 0.438 e. The van der Waals surface area contributed by atoms with Gasteiger partial charge in [-0.25, -0.2) is 9.37 Å². The summed E-state index contributed by atoms with van der Waals surface area (Å²) in [6.45, 7) is 9.05. The lowest BCUT2D eigenvalue weighted by Gasteiger charge is -2.31. The molecule has 1 saturated heterocycles. The number of ether oxygens (including phenoxy) is 2. The van der Waals surface area contributed by atoms with Gasteiger partial charge in [-0.2, -0.15) is 0 Å². The highest BCUT2D eigenvalue weighted by Gasteiger charge is 2.28. The Balaban J connectivity index is 1.00. The molecule has 0 amide bonds. The predicted octanol–water partition coefficient (Wildman–Crippen LogP) is 6.44. The molecule has 10 heteroatoms. The van der Waals surface area contributed by atoms with E-state index in [-0.39, 0.29) is 41.9 Å². The van der Waals surface area contributed by atoms with Gasteiger partial charge in [-0.3, -0.25) is 14.2 Å². The van der Waals surface area contributed by atoms with Crippen LogP contribution in [0.4, 0.5) is 4.39 Å². The summed E-state index contributed by atoms with van der Waals surface area (Å²) >= 11 is 0. The Kier molecular flexibility index (Phi) is 9.94. The first-order valence-electron chi connectivity index (χ1n) is 16.5. The molecule has 0 spiro atoms. The SMILES string of the molecule is Cc1nc2n(c(=O)c1CCN1CCC(c3noc4cc(F)ccc34)CC1)CCCC2OCOC(=O)CC(C)C(C)c1ccccc1. The Bertz CT molecular complexity index is 1710. The molecule has 4 aromatic rings. The molecule has 1 fully saturated rings. The lowest BCUT2D eigenvalue weighted by molar-refractivity contribution is -0.164. The number of fused-ring (bicyclic) bond motifs is 2. The normalized spacial score (nSPS) is 18.7. The van der Waals surface area contributed by atoms with Crippen molar-refractivity contribution in [2.24, 2.45) is 5.92 Å². The molecule has 2 aliphatic heterocycles. The van der Waals surface area contributed by atoms with Crippen molar-refractivity contribution in [2.45, 2.75) is 83.8 Å². The Morgan fingerprint density at radius 3 is 2.65 bits per heavy atom. The van der Waals surface area contributed by atoms with Gasteiger partial charge in [0.25, 0.3) is 5.56 Å². The number of carbonyl (C=O) groups excluding carboxylic acids is 1. The fraction of sp³-hybridized carbons (Fsp3) is 0.500. The van der Waals surface area contributed by atoms with E-state index in [1.165, 1.54) is 17.7 Å². The van der Waals surface area contributed by atoms with E-state index < -0.39 is 6.10 Å². The van der Waals surface area contributed by atoms with Crippen LogP contribution in [-0.4, -0.2) is 52.0 Å². The van der Waals surface area contributed by atoms with Gasteiger partial charge in [-0.15, -0.1) is 0 Å². The van der Waals surface area contributed by atoms with Crippen LogP contribution in [0, 0.1) is 18.7 Å². The van der Waals surface area contributed by atoms with Crippen LogP contribution in [0.25, 0.3) is 11.0 Å². The van der Waals surface area contributed by atoms with Crippen molar-refractivity contribution < 1.29 is 23.2 Å². The van der Waals surface area contributed by atoms with Crippen molar-refractivity contribution in [2.75, 3.05) is 26.4 Å². The Morgan fingerprint density at radius 2 is 1.87 bits per heavy atom. The Morgan fingerprint density at radius 1 is 1.09 bits per heavy atom. The summed E-state index contributed by atoms with van der Waals surface area (Å²) in [6, 6.07) is 14.7. The van der Waals surface area contributed by atoms with Crippen LogP contribution in [-0.2, 0) is 27.2 Å². The molecular formula is C36H43FN4O5. The van der Waals surface area contributed by atoms with Gasteiger partial charge in [-0.05, 0) is 81.6 Å². The lowest BCUT2D eigenvalue weighted by Crippen LogP contribution is -2.38. The van der Waals surface area contributed by atoms with Gasteiger partial charge in [0, 0.05) is 48.1 Å². The maximum atomic E-state index is 13.6.